The highest BCUT2D eigenvalue weighted by Gasteiger charge is 2.30. The number of sulfonamides is 1. The van der Waals surface area contributed by atoms with Crippen LogP contribution >= 0.6 is 11.3 Å². The first-order valence-electron chi connectivity index (χ1n) is 7.61. The summed E-state index contributed by atoms with van der Waals surface area (Å²) in [4.78, 5) is 12.2. The Labute approximate surface area is 150 Å². The molecule has 0 amide bonds. The maximum Gasteiger partial charge on any atom is 0.349 e. The van der Waals surface area contributed by atoms with Gasteiger partial charge in [-0.3, -0.25) is 0 Å². The molecule has 130 valence electrons. The van der Waals surface area contributed by atoms with Crippen LogP contribution in [0.5, 0.6) is 0 Å². The fourth-order valence-corrected chi connectivity index (χ4v) is 5.67. The molecule has 1 aromatic heterocycles. The largest absolute Gasteiger partial charge is 0.465 e. The van der Waals surface area contributed by atoms with Crippen LogP contribution in [0.2, 0.25) is 0 Å². The molecule has 1 N–H and O–H groups in total. The smallest absolute Gasteiger partial charge is 0.349 e. The molecule has 5 nitrogen and oxygen atoms in total. The van der Waals surface area contributed by atoms with E-state index in [1.54, 1.807) is 31.2 Å². The van der Waals surface area contributed by atoms with Crippen molar-refractivity contribution in [1.29, 1.82) is 0 Å². The van der Waals surface area contributed by atoms with E-state index in [2.05, 4.69) is 4.72 Å². The average Bonchev–Trinajstić information content (AvgIpc) is 3.02. The summed E-state index contributed by atoms with van der Waals surface area (Å²) in [7, 11) is -2.68. The van der Waals surface area contributed by atoms with Crippen LogP contribution in [0.25, 0.3) is 10.1 Å². The second-order valence-electron chi connectivity index (χ2n) is 5.50. The van der Waals surface area contributed by atoms with E-state index in [1.165, 1.54) is 7.11 Å². The van der Waals surface area contributed by atoms with Crippen LogP contribution in [0.4, 0.5) is 0 Å². The molecule has 0 aliphatic rings. The van der Waals surface area contributed by atoms with Crippen molar-refractivity contribution in [3.05, 3.63) is 65.0 Å². The van der Waals surface area contributed by atoms with Crippen molar-refractivity contribution in [2.45, 2.75) is 17.9 Å². The number of fused-ring (bicyclic) bond motifs is 1. The predicted octanol–water partition coefficient (Wildman–Crippen LogP) is 3.73. The van der Waals surface area contributed by atoms with E-state index in [1.807, 2.05) is 30.3 Å². The normalized spacial score (nSPS) is 12.9. The lowest BCUT2D eigenvalue weighted by Crippen LogP contribution is -2.28. The van der Waals surface area contributed by atoms with Crippen LogP contribution in [0.3, 0.4) is 0 Å². The number of hydrogen-bond donors (Lipinski definition) is 1. The first-order valence-corrected chi connectivity index (χ1v) is 9.91. The highest BCUT2D eigenvalue weighted by Crippen LogP contribution is 2.35. The molecule has 0 saturated heterocycles. The van der Waals surface area contributed by atoms with Gasteiger partial charge in [0.15, 0.2) is 0 Å². The minimum atomic E-state index is -3.92. The topological polar surface area (TPSA) is 72.5 Å². The quantitative estimate of drug-likeness (QED) is 0.690. The average molecular weight is 375 g/mol. The second kappa shape index (κ2) is 6.95. The third-order valence-corrected chi connectivity index (χ3v) is 6.73. The van der Waals surface area contributed by atoms with E-state index in [-0.39, 0.29) is 9.77 Å². The summed E-state index contributed by atoms with van der Waals surface area (Å²) >= 11 is 1.11. The predicted molar refractivity (Wildman–Crippen MR) is 98.3 cm³/mol. The zero-order valence-electron chi connectivity index (χ0n) is 13.7. The summed E-state index contributed by atoms with van der Waals surface area (Å²) in [5, 5.41) is 0.515. The number of methoxy groups -OCH3 is 1. The zero-order valence-corrected chi connectivity index (χ0v) is 15.4. The van der Waals surface area contributed by atoms with Gasteiger partial charge >= 0.3 is 5.97 Å². The third kappa shape index (κ3) is 3.44. The highest BCUT2D eigenvalue weighted by molar-refractivity contribution is 7.90. The van der Waals surface area contributed by atoms with E-state index in [0.29, 0.717) is 5.39 Å². The van der Waals surface area contributed by atoms with Gasteiger partial charge in [0.1, 0.15) is 9.77 Å². The van der Waals surface area contributed by atoms with Gasteiger partial charge < -0.3 is 4.74 Å². The molecule has 7 heteroatoms. The number of esters is 1. The number of rotatable bonds is 5. The van der Waals surface area contributed by atoms with Crippen LogP contribution in [0.1, 0.15) is 28.2 Å². The summed E-state index contributed by atoms with van der Waals surface area (Å²) in [5.41, 5.74) is 0.838. The summed E-state index contributed by atoms with van der Waals surface area (Å²) in [6.07, 6.45) is 0. The fourth-order valence-electron chi connectivity index (χ4n) is 2.62. The Morgan fingerprint density at radius 3 is 2.40 bits per heavy atom. The molecule has 1 unspecified atom stereocenters. The summed E-state index contributed by atoms with van der Waals surface area (Å²) in [6, 6.07) is 15.8. The minimum Gasteiger partial charge on any atom is -0.465 e. The van der Waals surface area contributed by atoms with Crippen LogP contribution in [-0.2, 0) is 14.8 Å². The van der Waals surface area contributed by atoms with Crippen LogP contribution < -0.4 is 4.72 Å². The van der Waals surface area contributed by atoms with Crippen molar-refractivity contribution >= 4 is 37.4 Å². The number of nitrogens with one attached hydrogen (secondary N) is 1. The summed E-state index contributed by atoms with van der Waals surface area (Å²) < 4.78 is 34.2. The lowest BCUT2D eigenvalue weighted by Gasteiger charge is -2.15. The Morgan fingerprint density at radius 1 is 1.08 bits per heavy atom. The Morgan fingerprint density at radius 2 is 1.72 bits per heavy atom. The molecule has 0 spiro atoms. The molecule has 1 atom stereocenters. The number of ether oxygens (including phenoxy) is 1. The molecule has 0 aliphatic heterocycles. The van der Waals surface area contributed by atoms with Crippen molar-refractivity contribution in [3.8, 4) is 0 Å². The molecule has 0 fully saturated rings. The van der Waals surface area contributed by atoms with E-state index >= 15 is 0 Å². The van der Waals surface area contributed by atoms with Crippen molar-refractivity contribution < 1.29 is 17.9 Å². The number of carbonyl (C=O) groups excluding carboxylic acids is 1. The molecule has 25 heavy (non-hydrogen) atoms. The molecule has 0 radical (unpaired) electrons. The molecule has 0 aliphatic carbocycles. The standard InChI is InChI=1S/C18H17NO4S2/c1-12(13-8-4-3-5-9-13)19-25(21,22)17-14-10-6-7-11-15(14)24-16(17)18(20)23-2/h3-12,19H,1-2H3. The van der Waals surface area contributed by atoms with Crippen LogP contribution in [0, 0.1) is 0 Å². The van der Waals surface area contributed by atoms with Gasteiger partial charge in [0.25, 0.3) is 0 Å². The van der Waals surface area contributed by atoms with Crippen molar-refractivity contribution in [2.24, 2.45) is 0 Å². The molecule has 2 aromatic carbocycles. The Bertz CT molecular complexity index is 1010. The van der Waals surface area contributed by atoms with E-state index in [4.69, 9.17) is 4.74 Å². The SMILES string of the molecule is COC(=O)c1sc2ccccc2c1S(=O)(=O)NC(C)c1ccccc1. The maximum atomic E-state index is 13.0. The number of benzene rings is 2. The lowest BCUT2D eigenvalue weighted by atomic mass is 10.1. The molecular formula is C18H17NO4S2. The fraction of sp³-hybridized carbons (Fsp3) is 0.167. The third-order valence-electron chi connectivity index (χ3n) is 3.82. The van der Waals surface area contributed by atoms with Crippen molar-refractivity contribution in [3.63, 3.8) is 0 Å². The minimum absolute atomic E-state index is 0.0252. The Hall–Kier alpha value is -2.22. The summed E-state index contributed by atoms with van der Waals surface area (Å²) in [6.45, 7) is 1.76. The summed E-state index contributed by atoms with van der Waals surface area (Å²) in [5.74, 6) is -0.658. The first-order chi connectivity index (χ1) is 11.9. The molecule has 3 aromatic rings. The molecule has 0 bridgehead atoms. The van der Waals surface area contributed by atoms with Gasteiger partial charge in [-0.2, -0.15) is 0 Å². The lowest BCUT2D eigenvalue weighted by molar-refractivity contribution is 0.0602. The highest BCUT2D eigenvalue weighted by atomic mass is 32.2. The second-order valence-corrected chi connectivity index (χ2v) is 8.20. The first kappa shape index (κ1) is 17.6. The van der Waals surface area contributed by atoms with Gasteiger partial charge in [-0.15, -0.1) is 11.3 Å². The van der Waals surface area contributed by atoms with E-state index in [0.717, 1.165) is 21.6 Å². The Kier molecular flexibility index (Phi) is 4.89. The van der Waals surface area contributed by atoms with Crippen molar-refractivity contribution in [2.75, 3.05) is 7.11 Å². The number of thiophene rings is 1. The van der Waals surface area contributed by atoms with Gasteiger partial charge in [0.2, 0.25) is 10.0 Å². The molecule has 3 rings (SSSR count). The van der Waals surface area contributed by atoms with Gasteiger partial charge in [0.05, 0.1) is 7.11 Å². The van der Waals surface area contributed by atoms with Gasteiger partial charge in [0, 0.05) is 16.1 Å². The molecular weight excluding hydrogens is 358 g/mol. The van der Waals surface area contributed by atoms with E-state index < -0.39 is 22.0 Å². The zero-order chi connectivity index (χ0) is 18.0. The molecule has 1 heterocycles. The van der Waals surface area contributed by atoms with Gasteiger partial charge in [-0.05, 0) is 18.6 Å². The molecule has 0 saturated carbocycles. The van der Waals surface area contributed by atoms with Crippen molar-refractivity contribution in [1.82, 2.24) is 4.72 Å². The van der Waals surface area contributed by atoms with E-state index in [9.17, 15) is 13.2 Å². The monoisotopic (exact) mass is 375 g/mol. The van der Waals surface area contributed by atoms with Gasteiger partial charge in [-0.25, -0.2) is 17.9 Å². The van der Waals surface area contributed by atoms with Gasteiger partial charge in [-0.1, -0.05) is 48.5 Å². The van der Waals surface area contributed by atoms with Crippen LogP contribution in [0.15, 0.2) is 59.5 Å². The maximum absolute atomic E-state index is 13.0. The number of carbonyl (C=O) groups is 1. The Balaban J connectivity index is 2.09. The number of hydrogen-bond acceptors (Lipinski definition) is 5. The van der Waals surface area contributed by atoms with Crippen LogP contribution in [-0.4, -0.2) is 21.5 Å².